The Hall–Kier alpha value is -1.27. The molecule has 0 radical (unpaired) electrons. The summed E-state index contributed by atoms with van der Waals surface area (Å²) in [6.07, 6.45) is 3.76. The zero-order chi connectivity index (χ0) is 13.0. The summed E-state index contributed by atoms with van der Waals surface area (Å²) >= 11 is 1.49. The summed E-state index contributed by atoms with van der Waals surface area (Å²) in [7, 11) is 6.08. The second-order valence-corrected chi connectivity index (χ2v) is 5.43. The fourth-order valence-corrected chi connectivity index (χ4v) is 2.32. The lowest BCUT2D eigenvalue weighted by Crippen LogP contribution is -2.13. The highest BCUT2D eigenvalue weighted by Gasteiger charge is 2.08. The van der Waals surface area contributed by atoms with Crippen LogP contribution in [-0.4, -0.2) is 40.3 Å². The molecule has 0 spiro atoms. The summed E-state index contributed by atoms with van der Waals surface area (Å²) in [5, 5.41) is 9.56. The minimum absolute atomic E-state index is 0.837. The molecule has 98 valence electrons. The SMILES string of the molecule is CN(C)CCCc1ccc(Sc2nncn2C)o1. The molecule has 6 heteroatoms. The molecular formula is C12H18N4OS. The van der Waals surface area contributed by atoms with Gasteiger partial charge >= 0.3 is 0 Å². The first-order chi connectivity index (χ1) is 8.65. The quantitative estimate of drug-likeness (QED) is 0.801. The Morgan fingerprint density at radius 1 is 1.39 bits per heavy atom. The highest BCUT2D eigenvalue weighted by Crippen LogP contribution is 2.27. The van der Waals surface area contributed by atoms with E-state index >= 15 is 0 Å². The summed E-state index contributed by atoms with van der Waals surface area (Å²) < 4.78 is 7.63. The lowest BCUT2D eigenvalue weighted by Gasteiger charge is -2.07. The van der Waals surface area contributed by atoms with Crippen molar-refractivity contribution >= 4 is 11.8 Å². The van der Waals surface area contributed by atoms with Crippen LogP contribution in [0.3, 0.4) is 0 Å². The summed E-state index contributed by atoms with van der Waals surface area (Å²) in [5.74, 6) is 1.03. The van der Waals surface area contributed by atoms with E-state index in [0.717, 1.165) is 35.4 Å². The van der Waals surface area contributed by atoms with Gasteiger partial charge < -0.3 is 13.9 Å². The maximum absolute atomic E-state index is 5.76. The van der Waals surface area contributed by atoms with Crippen molar-refractivity contribution < 1.29 is 4.42 Å². The molecule has 18 heavy (non-hydrogen) atoms. The first kappa shape index (κ1) is 13.2. The van der Waals surface area contributed by atoms with Crippen molar-refractivity contribution in [1.82, 2.24) is 19.7 Å². The van der Waals surface area contributed by atoms with Crippen molar-refractivity contribution in [2.24, 2.45) is 7.05 Å². The second kappa shape index (κ2) is 6.06. The minimum Gasteiger partial charge on any atom is -0.454 e. The van der Waals surface area contributed by atoms with Gasteiger partial charge in [0.1, 0.15) is 12.1 Å². The van der Waals surface area contributed by atoms with Gasteiger partial charge in [0, 0.05) is 13.5 Å². The zero-order valence-electron chi connectivity index (χ0n) is 11.0. The van der Waals surface area contributed by atoms with Gasteiger partial charge in [0.05, 0.1) is 0 Å². The van der Waals surface area contributed by atoms with E-state index < -0.39 is 0 Å². The summed E-state index contributed by atoms with van der Waals surface area (Å²) in [6.45, 7) is 1.08. The Kier molecular flexibility index (Phi) is 4.43. The Morgan fingerprint density at radius 2 is 2.22 bits per heavy atom. The minimum atomic E-state index is 0.837. The second-order valence-electron chi connectivity index (χ2n) is 4.45. The number of aryl methyl sites for hydroxylation is 2. The molecule has 0 atom stereocenters. The highest BCUT2D eigenvalue weighted by atomic mass is 32.2. The van der Waals surface area contributed by atoms with Crippen LogP contribution in [0.25, 0.3) is 0 Å². The standard InChI is InChI=1S/C12H18N4OS/c1-15(2)8-4-5-10-6-7-11(17-10)18-12-14-13-9-16(12)3/h6-7,9H,4-5,8H2,1-3H3. The third-order valence-corrected chi connectivity index (χ3v) is 3.50. The Bertz CT molecular complexity index is 492. The van der Waals surface area contributed by atoms with Crippen molar-refractivity contribution in [3.05, 3.63) is 24.2 Å². The van der Waals surface area contributed by atoms with Crippen LogP contribution in [0.1, 0.15) is 12.2 Å². The van der Waals surface area contributed by atoms with Crippen LogP contribution in [0, 0.1) is 0 Å². The zero-order valence-corrected chi connectivity index (χ0v) is 11.8. The van der Waals surface area contributed by atoms with Gasteiger partial charge in [-0.25, -0.2) is 0 Å². The fourth-order valence-electron chi connectivity index (χ4n) is 1.57. The van der Waals surface area contributed by atoms with Gasteiger partial charge in [-0.3, -0.25) is 0 Å². The molecular weight excluding hydrogens is 248 g/mol. The molecule has 0 amide bonds. The molecule has 0 aliphatic rings. The largest absolute Gasteiger partial charge is 0.454 e. The van der Waals surface area contributed by atoms with Gasteiger partial charge in [-0.15, -0.1) is 10.2 Å². The number of rotatable bonds is 6. The monoisotopic (exact) mass is 266 g/mol. The van der Waals surface area contributed by atoms with Gasteiger partial charge in [0.2, 0.25) is 0 Å². The van der Waals surface area contributed by atoms with Crippen LogP contribution >= 0.6 is 11.8 Å². The van der Waals surface area contributed by atoms with E-state index in [1.54, 1.807) is 6.33 Å². The number of nitrogens with zero attached hydrogens (tertiary/aromatic N) is 4. The summed E-state index contributed by atoms with van der Waals surface area (Å²) in [4.78, 5) is 2.18. The van der Waals surface area contributed by atoms with Crippen molar-refractivity contribution in [2.45, 2.75) is 23.1 Å². The fraction of sp³-hybridized carbons (Fsp3) is 0.500. The van der Waals surface area contributed by atoms with Crippen LogP contribution < -0.4 is 0 Å². The number of aromatic nitrogens is 3. The average molecular weight is 266 g/mol. The first-order valence-corrected chi connectivity index (χ1v) is 6.72. The smallest absolute Gasteiger partial charge is 0.198 e. The van der Waals surface area contributed by atoms with Crippen molar-refractivity contribution in [1.29, 1.82) is 0 Å². The van der Waals surface area contributed by atoms with Crippen LogP contribution in [0.4, 0.5) is 0 Å². The molecule has 0 aliphatic heterocycles. The lowest BCUT2D eigenvalue weighted by molar-refractivity contribution is 0.378. The lowest BCUT2D eigenvalue weighted by atomic mass is 10.2. The van der Waals surface area contributed by atoms with Crippen molar-refractivity contribution in [3.8, 4) is 0 Å². The molecule has 0 aromatic carbocycles. The predicted octanol–water partition coefficient (Wildman–Crippen LogP) is 2.05. The molecule has 0 N–H and O–H groups in total. The third kappa shape index (κ3) is 3.61. The highest BCUT2D eigenvalue weighted by molar-refractivity contribution is 7.99. The van der Waals surface area contributed by atoms with Gasteiger partial charge in [-0.1, -0.05) is 0 Å². The number of hydrogen-bond acceptors (Lipinski definition) is 5. The Balaban J connectivity index is 1.88. The van der Waals surface area contributed by atoms with Crippen LogP contribution in [0.2, 0.25) is 0 Å². The van der Waals surface area contributed by atoms with Crippen molar-refractivity contribution in [2.75, 3.05) is 20.6 Å². The van der Waals surface area contributed by atoms with Crippen LogP contribution in [-0.2, 0) is 13.5 Å². The van der Waals surface area contributed by atoms with E-state index in [1.165, 1.54) is 11.8 Å². The van der Waals surface area contributed by atoms with E-state index in [9.17, 15) is 0 Å². The predicted molar refractivity (Wildman–Crippen MR) is 70.7 cm³/mol. The average Bonchev–Trinajstić information content (AvgIpc) is 2.90. The molecule has 0 saturated carbocycles. The molecule has 2 rings (SSSR count). The third-order valence-electron chi connectivity index (χ3n) is 2.53. The summed E-state index contributed by atoms with van der Waals surface area (Å²) in [6, 6.07) is 4.03. The van der Waals surface area contributed by atoms with E-state index in [4.69, 9.17) is 4.42 Å². The molecule has 0 fully saturated rings. The van der Waals surface area contributed by atoms with E-state index in [2.05, 4.69) is 29.2 Å². The molecule has 0 bridgehead atoms. The molecule has 0 saturated heterocycles. The topological polar surface area (TPSA) is 47.1 Å². The molecule has 2 heterocycles. The van der Waals surface area contributed by atoms with Crippen molar-refractivity contribution in [3.63, 3.8) is 0 Å². The van der Waals surface area contributed by atoms with Gasteiger partial charge in [-0.05, 0) is 51.0 Å². The Labute approximate surface area is 111 Å². The number of furan rings is 1. The molecule has 2 aromatic heterocycles. The normalized spacial score (nSPS) is 11.3. The maximum atomic E-state index is 5.76. The van der Waals surface area contributed by atoms with Crippen LogP contribution in [0.15, 0.2) is 33.1 Å². The molecule has 0 unspecified atom stereocenters. The van der Waals surface area contributed by atoms with Gasteiger partial charge in [0.15, 0.2) is 10.2 Å². The number of hydrogen-bond donors (Lipinski definition) is 0. The van der Waals surface area contributed by atoms with Gasteiger partial charge in [-0.2, -0.15) is 0 Å². The molecule has 0 aliphatic carbocycles. The maximum Gasteiger partial charge on any atom is 0.198 e. The molecule has 2 aromatic rings. The van der Waals surface area contributed by atoms with E-state index in [1.807, 2.05) is 23.7 Å². The summed E-state index contributed by atoms with van der Waals surface area (Å²) in [5.41, 5.74) is 0. The van der Waals surface area contributed by atoms with E-state index in [0.29, 0.717) is 0 Å². The van der Waals surface area contributed by atoms with E-state index in [-0.39, 0.29) is 0 Å². The van der Waals surface area contributed by atoms with Crippen LogP contribution in [0.5, 0.6) is 0 Å². The first-order valence-electron chi connectivity index (χ1n) is 5.90. The molecule has 5 nitrogen and oxygen atoms in total. The Morgan fingerprint density at radius 3 is 2.89 bits per heavy atom. The van der Waals surface area contributed by atoms with Gasteiger partial charge in [0.25, 0.3) is 0 Å².